The van der Waals surface area contributed by atoms with Gasteiger partial charge in [0.15, 0.2) is 11.6 Å². The second-order valence-electron chi connectivity index (χ2n) is 8.04. The lowest BCUT2D eigenvalue weighted by atomic mass is 9.97. The van der Waals surface area contributed by atoms with Gasteiger partial charge in [-0.05, 0) is 50.7 Å². The summed E-state index contributed by atoms with van der Waals surface area (Å²) in [6.45, 7) is 1.11. The first kappa shape index (κ1) is 21.1. The van der Waals surface area contributed by atoms with E-state index in [1.54, 1.807) is 17.2 Å². The van der Waals surface area contributed by atoms with Crippen molar-refractivity contribution >= 4 is 17.6 Å². The van der Waals surface area contributed by atoms with E-state index >= 15 is 0 Å². The molecule has 1 aliphatic carbocycles. The van der Waals surface area contributed by atoms with Gasteiger partial charge < -0.3 is 10.1 Å². The molecule has 1 aromatic heterocycles. The van der Waals surface area contributed by atoms with E-state index in [1.807, 2.05) is 36.4 Å². The molecule has 0 saturated carbocycles. The molecule has 2 aliphatic rings. The molecule has 2 aromatic rings. The van der Waals surface area contributed by atoms with Gasteiger partial charge in [-0.3, -0.25) is 14.5 Å². The fourth-order valence-corrected chi connectivity index (χ4v) is 4.14. The smallest absolute Gasteiger partial charge is 0.274 e. The summed E-state index contributed by atoms with van der Waals surface area (Å²) >= 11 is 0. The van der Waals surface area contributed by atoms with Gasteiger partial charge in [-0.2, -0.15) is 0 Å². The van der Waals surface area contributed by atoms with Crippen LogP contribution in [0.4, 0.5) is 5.82 Å². The number of hydrogen-bond donors (Lipinski definition) is 1. The van der Waals surface area contributed by atoms with Crippen LogP contribution in [0.15, 0.2) is 60.3 Å². The highest BCUT2D eigenvalue weighted by atomic mass is 16.5. The number of nitrogens with one attached hydrogen (secondary N) is 1. The summed E-state index contributed by atoms with van der Waals surface area (Å²) in [4.78, 5) is 31.4. The molecule has 0 radical (unpaired) electrons. The Kier molecular flexibility index (Phi) is 6.97. The van der Waals surface area contributed by atoms with E-state index in [4.69, 9.17) is 4.74 Å². The number of pyridine rings is 1. The molecule has 0 saturated heterocycles. The molecule has 2 heterocycles. The highest BCUT2D eigenvalue weighted by Gasteiger charge is 2.36. The van der Waals surface area contributed by atoms with Crippen molar-refractivity contribution in [1.29, 1.82) is 0 Å². The maximum atomic E-state index is 13.2. The number of rotatable bonds is 8. The SMILES string of the molecule is O=C(CCCN1C(=O)C(c2ccccc2)Oc2cccnc21)NCCC1=CCCCC1. The molecule has 1 N–H and O–H groups in total. The second kappa shape index (κ2) is 10.2. The van der Waals surface area contributed by atoms with Crippen LogP contribution < -0.4 is 15.0 Å². The highest BCUT2D eigenvalue weighted by Crippen LogP contribution is 2.37. The Labute approximate surface area is 183 Å². The summed E-state index contributed by atoms with van der Waals surface area (Å²) in [5.74, 6) is 0.977. The largest absolute Gasteiger partial charge is 0.472 e. The molecular formula is C25H29N3O3. The molecule has 6 nitrogen and oxygen atoms in total. The number of anilines is 1. The fraction of sp³-hybridized carbons (Fsp3) is 0.400. The van der Waals surface area contributed by atoms with E-state index in [-0.39, 0.29) is 11.8 Å². The van der Waals surface area contributed by atoms with Gasteiger partial charge in [-0.25, -0.2) is 4.98 Å². The van der Waals surface area contributed by atoms with Gasteiger partial charge in [0.25, 0.3) is 5.91 Å². The zero-order valence-electron chi connectivity index (χ0n) is 17.8. The minimum Gasteiger partial charge on any atom is -0.472 e. The minimum absolute atomic E-state index is 0.0259. The van der Waals surface area contributed by atoms with Gasteiger partial charge in [-0.15, -0.1) is 0 Å². The molecule has 1 aliphatic heterocycles. The third-order valence-electron chi connectivity index (χ3n) is 5.78. The molecular weight excluding hydrogens is 390 g/mol. The molecule has 1 aromatic carbocycles. The lowest BCUT2D eigenvalue weighted by Crippen LogP contribution is -2.42. The molecule has 0 fully saturated rings. The molecule has 1 unspecified atom stereocenters. The van der Waals surface area contributed by atoms with Crippen molar-refractivity contribution in [2.45, 2.75) is 51.0 Å². The minimum atomic E-state index is -0.699. The predicted molar refractivity (Wildman–Crippen MR) is 120 cm³/mol. The van der Waals surface area contributed by atoms with Crippen molar-refractivity contribution in [3.63, 3.8) is 0 Å². The Bertz CT molecular complexity index is 942. The van der Waals surface area contributed by atoms with E-state index < -0.39 is 6.10 Å². The van der Waals surface area contributed by atoms with Crippen LogP contribution in [0.1, 0.15) is 56.6 Å². The van der Waals surface area contributed by atoms with Crippen molar-refractivity contribution < 1.29 is 14.3 Å². The van der Waals surface area contributed by atoms with Crippen LogP contribution in [-0.2, 0) is 9.59 Å². The second-order valence-corrected chi connectivity index (χ2v) is 8.04. The van der Waals surface area contributed by atoms with Crippen molar-refractivity contribution in [2.75, 3.05) is 18.0 Å². The molecule has 31 heavy (non-hydrogen) atoms. The van der Waals surface area contributed by atoms with Gasteiger partial charge in [-0.1, -0.05) is 42.0 Å². The molecule has 0 spiro atoms. The Balaban J connectivity index is 1.33. The van der Waals surface area contributed by atoms with Crippen LogP contribution in [0.25, 0.3) is 0 Å². The summed E-state index contributed by atoms with van der Waals surface area (Å²) in [5, 5.41) is 3.01. The number of carbonyl (C=O) groups is 2. The molecule has 162 valence electrons. The highest BCUT2D eigenvalue weighted by molar-refractivity contribution is 5.99. The van der Waals surface area contributed by atoms with Crippen LogP contribution in [0.2, 0.25) is 0 Å². The average Bonchev–Trinajstić information content (AvgIpc) is 2.81. The number of fused-ring (bicyclic) bond motifs is 1. The normalized spacial score (nSPS) is 18.1. The summed E-state index contributed by atoms with van der Waals surface area (Å²) in [6, 6.07) is 13.1. The van der Waals surface area contributed by atoms with Gasteiger partial charge in [0.05, 0.1) is 0 Å². The van der Waals surface area contributed by atoms with Crippen LogP contribution in [0.5, 0.6) is 5.75 Å². The molecule has 1 atom stereocenters. The average molecular weight is 420 g/mol. The van der Waals surface area contributed by atoms with Crippen molar-refractivity contribution in [3.05, 3.63) is 65.9 Å². The third-order valence-corrected chi connectivity index (χ3v) is 5.78. The first-order valence-corrected chi connectivity index (χ1v) is 11.1. The number of aromatic nitrogens is 1. The lowest BCUT2D eigenvalue weighted by molar-refractivity contribution is -0.127. The molecule has 6 heteroatoms. The quantitative estimate of drug-likeness (QED) is 0.647. The molecule has 4 rings (SSSR count). The summed E-state index contributed by atoms with van der Waals surface area (Å²) in [5.41, 5.74) is 2.27. The number of hydrogen-bond acceptors (Lipinski definition) is 4. The monoisotopic (exact) mass is 419 g/mol. The first-order valence-electron chi connectivity index (χ1n) is 11.1. The number of ether oxygens (including phenoxy) is 1. The van der Waals surface area contributed by atoms with E-state index in [0.29, 0.717) is 37.5 Å². The number of nitrogens with zero attached hydrogens (tertiary/aromatic N) is 2. The Hall–Kier alpha value is -3.15. The van der Waals surface area contributed by atoms with E-state index in [9.17, 15) is 9.59 Å². The van der Waals surface area contributed by atoms with Gasteiger partial charge in [0.1, 0.15) is 0 Å². The Morgan fingerprint density at radius 1 is 1.16 bits per heavy atom. The third kappa shape index (κ3) is 5.32. The van der Waals surface area contributed by atoms with Crippen LogP contribution in [-0.4, -0.2) is 29.9 Å². The van der Waals surface area contributed by atoms with E-state index in [0.717, 1.165) is 24.8 Å². The summed E-state index contributed by atoms with van der Waals surface area (Å²) in [6.07, 6.45) is 10.00. The number of carbonyl (C=O) groups excluding carboxylic acids is 2. The standard InChI is InChI=1S/C25H29N3O3/c29-22(26-17-15-19-9-3-1-4-10-19)14-8-18-28-24-21(13-7-16-27-24)31-23(25(28)30)20-11-5-2-6-12-20/h2,5-7,9,11-13,16,23H,1,3-4,8,10,14-15,17-18H2,(H,26,29). The Morgan fingerprint density at radius 2 is 2.03 bits per heavy atom. The van der Waals surface area contributed by atoms with Gasteiger partial charge >= 0.3 is 0 Å². The van der Waals surface area contributed by atoms with Gasteiger partial charge in [0, 0.05) is 31.3 Å². The fourth-order valence-electron chi connectivity index (χ4n) is 4.14. The van der Waals surface area contributed by atoms with Crippen LogP contribution >= 0.6 is 0 Å². The molecule has 0 bridgehead atoms. The lowest BCUT2D eigenvalue weighted by Gasteiger charge is -2.33. The topological polar surface area (TPSA) is 71.5 Å². The summed E-state index contributed by atoms with van der Waals surface area (Å²) in [7, 11) is 0. The van der Waals surface area contributed by atoms with Crippen LogP contribution in [0.3, 0.4) is 0 Å². The van der Waals surface area contributed by atoms with Crippen molar-refractivity contribution in [2.24, 2.45) is 0 Å². The predicted octanol–water partition coefficient (Wildman–Crippen LogP) is 4.34. The zero-order valence-corrected chi connectivity index (χ0v) is 17.8. The van der Waals surface area contributed by atoms with E-state index in [2.05, 4.69) is 16.4 Å². The van der Waals surface area contributed by atoms with Crippen molar-refractivity contribution in [3.8, 4) is 5.75 Å². The maximum absolute atomic E-state index is 13.2. The van der Waals surface area contributed by atoms with Crippen molar-refractivity contribution in [1.82, 2.24) is 10.3 Å². The zero-order chi connectivity index (χ0) is 21.5. The van der Waals surface area contributed by atoms with Crippen LogP contribution in [0, 0.1) is 0 Å². The Morgan fingerprint density at radius 3 is 2.84 bits per heavy atom. The van der Waals surface area contributed by atoms with Gasteiger partial charge in [0.2, 0.25) is 12.0 Å². The molecule has 2 amide bonds. The van der Waals surface area contributed by atoms with E-state index in [1.165, 1.54) is 18.4 Å². The summed E-state index contributed by atoms with van der Waals surface area (Å²) < 4.78 is 5.96. The number of benzene rings is 1. The maximum Gasteiger partial charge on any atom is 0.274 e. The first-order chi connectivity index (χ1) is 15.2. The number of allylic oxidation sites excluding steroid dienone is 1. The number of amides is 2.